The molecule has 0 aromatic carbocycles. The SMILES string of the molecule is C=C/C=C(/CC/C=C(\S)[C@@H]1CCCN1)[C@@H](C)[C@H](C)/N=C(\S)[C@@H]1CCCN1. The van der Waals surface area contributed by atoms with E-state index in [1.807, 2.05) is 6.08 Å². The molecule has 0 bridgehead atoms. The van der Waals surface area contributed by atoms with Gasteiger partial charge < -0.3 is 10.6 Å². The maximum atomic E-state index is 4.87. The Morgan fingerprint density at radius 2 is 1.81 bits per heavy atom. The third kappa shape index (κ3) is 6.59. The van der Waals surface area contributed by atoms with Crippen molar-refractivity contribution in [3.05, 3.63) is 35.3 Å². The Kier molecular flexibility index (Phi) is 9.54. The monoisotopic (exact) mass is 393 g/mol. The molecule has 2 aliphatic heterocycles. The van der Waals surface area contributed by atoms with Crippen molar-refractivity contribution in [2.45, 2.75) is 70.5 Å². The van der Waals surface area contributed by atoms with Crippen LogP contribution in [0.1, 0.15) is 52.4 Å². The van der Waals surface area contributed by atoms with E-state index in [1.54, 1.807) is 0 Å². The molecule has 3 nitrogen and oxygen atoms in total. The Balaban J connectivity index is 1.92. The predicted octanol–water partition coefficient (Wildman–Crippen LogP) is 4.55. The minimum Gasteiger partial charge on any atom is -0.310 e. The molecule has 2 heterocycles. The fraction of sp³-hybridized carbons (Fsp3) is 0.667. The molecule has 0 aromatic heterocycles. The number of nitrogens with zero attached hydrogens (tertiary/aromatic N) is 1. The highest BCUT2D eigenvalue weighted by molar-refractivity contribution is 7.97. The minimum absolute atomic E-state index is 0.215. The summed E-state index contributed by atoms with van der Waals surface area (Å²) in [6.45, 7) is 10.5. The first-order chi connectivity index (χ1) is 12.5. The third-order valence-electron chi connectivity index (χ3n) is 5.55. The van der Waals surface area contributed by atoms with Crippen LogP contribution in [0.4, 0.5) is 0 Å². The standard InChI is InChI=1S/C21H35N3S2/c1-4-8-17(9-5-12-20(25)18-10-6-13-22-18)15(2)16(3)24-21(26)19-11-7-14-23-19/h4,8,12,15-16,18-19,22-23,25H,1,5-7,9-11,13-14H2,2-3H3,(H,24,26)/b17-8-,20-12-/t15-,16-,18-,19-/m0/s1. The Hall–Kier alpha value is -0.490. The van der Waals surface area contributed by atoms with E-state index in [0.29, 0.717) is 18.0 Å². The lowest BCUT2D eigenvalue weighted by Gasteiger charge is -2.22. The van der Waals surface area contributed by atoms with E-state index in [4.69, 9.17) is 4.99 Å². The number of hydrogen-bond donors (Lipinski definition) is 4. The zero-order valence-corrected chi connectivity index (χ0v) is 18.0. The van der Waals surface area contributed by atoms with Crippen molar-refractivity contribution in [1.29, 1.82) is 0 Å². The molecular formula is C21H35N3S2. The normalized spacial score (nSPS) is 27.6. The van der Waals surface area contributed by atoms with Crippen molar-refractivity contribution in [2.24, 2.45) is 10.9 Å². The highest BCUT2D eigenvalue weighted by atomic mass is 32.1. The minimum atomic E-state index is 0.215. The maximum absolute atomic E-state index is 4.87. The number of thiol groups is 2. The number of rotatable bonds is 9. The molecule has 0 aromatic rings. The molecule has 0 radical (unpaired) electrons. The van der Waals surface area contributed by atoms with Gasteiger partial charge in [0.2, 0.25) is 0 Å². The first kappa shape index (κ1) is 21.8. The van der Waals surface area contributed by atoms with Crippen LogP contribution in [0.3, 0.4) is 0 Å². The van der Waals surface area contributed by atoms with E-state index in [1.165, 1.54) is 29.7 Å². The Morgan fingerprint density at radius 3 is 2.38 bits per heavy atom. The van der Waals surface area contributed by atoms with Crippen molar-refractivity contribution in [3.8, 4) is 0 Å². The Morgan fingerprint density at radius 1 is 1.15 bits per heavy atom. The molecule has 2 N–H and O–H groups in total. The molecule has 2 saturated heterocycles. The number of hydrogen-bond acceptors (Lipinski definition) is 4. The van der Waals surface area contributed by atoms with Gasteiger partial charge in [0.05, 0.1) is 17.1 Å². The summed E-state index contributed by atoms with van der Waals surface area (Å²) >= 11 is 9.34. The van der Waals surface area contributed by atoms with Crippen LogP contribution in [0.25, 0.3) is 0 Å². The summed E-state index contributed by atoms with van der Waals surface area (Å²) in [7, 11) is 0. The maximum Gasteiger partial charge on any atom is 0.0819 e. The van der Waals surface area contributed by atoms with E-state index in [9.17, 15) is 0 Å². The number of allylic oxidation sites excluding steroid dienone is 3. The van der Waals surface area contributed by atoms with Crippen LogP contribution >= 0.6 is 25.3 Å². The third-order valence-corrected chi connectivity index (χ3v) is 6.47. The fourth-order valence-corrected chi connectivity index (χ4v) is 4.46. The summed E-state index contributed by atoms with van der Waals surface area (Å²) in [5, 5.41) is 7.92. The average Bonchev–Trinajstić information content (AvgIpc) is 3.33. The van der Waals surface area contributed by atoms with Gasteiger partial charge in [-0.3, -0.25) is 4.99 Å². The van der Waals surface area contributed by atoms with Crippen molar-refractivity contribution in [3.63, 3.8) is 0 Å². The second-order valence-electron chi connectivity index (χ2n) is 7.46. The lowest BCUT2D eigenvalue weighted by Crippen LogP contribution is -2.29. The first-order valence-electron chi connectivity index (χ1n) is 9.96. The highest BCUT2D eigenvalue weighted by Crippen LogP contribution is 2.25. The first-order valence-corrected chi connectivity index (χ1v) is 10.9. The van der Waals surface area contributed by atoms with Gasteiger partial charge in [-0.25, -0.2) is 0 Å². The van der Waals surface area contributed by atoms with Gasteiger partial charge in [0.1, 0.15) is 0 Å². The molecule has 2 rings (SSSR count). The molecule has 0 spiro atoms. The van der Waals surface area contributed by atoms with Crippen molar-refractivity contribution in [2.75, 3.05) is 13.1 Å². The summed E-state index contributed by atoms with van der Waals surface area (Å²) in [6, 6.07) is 1.01. The van der Waals surface area contributed by atoms with Crippen LogP contribution in [-0.2, 0) is 0 Å². The van der Waals surface area contributed by atoms with Gasteiger partial charge in [-0.2, -0.15) is 0 Å². The largest absolute Gasteiger partial charge is 0.310 e. The molecular weight excluding hydrogens is 358 g/mol. The van der Waals surface area contributed by atoms with Crippen molar-refractivity contribution < 1.29 is 0 Å². The summed E-state index contributed by atoms with van der Waals surface area (Å²) in [4.78, 5) is 6.06. The van der Waals surface area contributed by atoms with Gasteiger partial charge in [-0.15, -0.1) is 25.3 Å². The quantitative estimate of drug-likeness (QED) is 0.201. The average molecular weight is 394 g/mol. The van der Waals surface area contributed by atoms with Gasteiger partial charge in [-0.1, -0.05) is 37.3 Å². The second-order valence-corrected chi connectivity index (χ2v) is 8.43. The van der Waals surface area contributed by atoms with Gasteiger partial charge in [0.15, 0.2) is 0 Å². The molecule has 4 atom stereocenters. The van der Waals surface area contributed by atoms with Crippen LogP contribution < -0.4 is 10.6 Å². The van der Waals surface area contributed by atoms with E-state index in [2.05, 4.69) is 68.5 Å². The van der Waals surface area contributed by atoms with Crippen LogP contribution in [-0.4, -0.2) is 36.3 Å². The summed E-state index contributed by atoms with van der Waals surface area (Å²) in [5.41, 5.74) is 1.40. The molecule has 2 aliphatic rings. The van der Waals surface area contributed by atoms with Crippen LogP contribution in [0.5, 0.6) is 0 Å². The van der Waals surface area contributed by atoms with E-state index >= 15 is 0 Å². The fourth-order valence-electron chi connectivity index (χ4n) is 3.71. The summed E-state index contributed by atoms with van der Waals surface area (Å²) < 4.78 is 0. The Bertz CT molecular complexity index is 541. The topological polar surface area (TPSA) is 36.4 Å². The lowest BCUT2D eigenvalue weighted by atomic mass is 9.90. The predicted molar refractivity (Wildman–Crippen MR) is 122 cm³/mol. The molecule has 146 valence electrons. The van der Waals surface area contributed by atoms with Crippen molar-refractivity contribution in [1.82, 2.24) is 10.6 Å². The Labute approximate surface area is 170 Å². The molecule has 0 unspecified atom stereocenters. The summed E-state index contributed by atoms with van der Waals surface area (Å²) in [6.07, 6.45) is 13.2. The molecule has 0 amide bonds. The van der Waals surface area contributed by atoms with E-state index in [-0.39, 0.29) is 6.04 Å². The van der Waals surface area contributed by atoms with Crippen LogP contribution in [0.15, 0.2) is 40.3 Å². The van der Waals surface area contributed by atoms with Gasteiger partial charge >= 0.3 is 0 Å². The molecule has 26 heavy (non-hydrogen) atoms. The van der Waals surface area contributed by atoms with E-state index < -0.39 is 0 Å². The van der Waals surface area contributed by atoms with Crippen LogP contribution in [0.2, 0.25) is 0 Å². The highest BCUT2D eigenvalue weighted by Gasteiger charge is 2.21. The van der Waals surface area contributed by atoms with Gasteiger partial charge in [-0.05, 0) is 69.4 Å². The van der Waals surface area contributed by atoms with Gasteiger partial charge in [0, 0.05) is 6.04 Å². The summed E-state index contributed by atoms with van der Waals surface area (Å²) in [5.74, 6) is 0.373. The lowest BCUT2D eigenvalue weighted by molar-refractivity contribution is 0.536. The van der Waals surface area contributed by atoms with Gasteiger partial charge in [0.25, 0.3) is 0 Å². The van der Waals surface area contributed by atoms with Crippen LogP contribution in [0, 0.1) is 5.92 Å². The smallest absolute Gasteiger partial charge is 0.0819 e. The molecule has 0 aliphatic carbocycles. The zero-order valence-electron chi connectivity index (χ0n) is 16.2. The molecule has 2 fully saturated rings. The molecule has 0 saturated carbocycles. The van der Waals surface area contributed by atoms with E-state index in [0.717, 1.165) is 37.4 Å². The molecule has 5 heteroatoms. The second kappa shape index (κ2) is 11.4. The van der Waals surface area contributed by atoms with Crippen molar-refractivity contribution >= 4 is 30.3 Å². The number of nitrogens with one attached hydrogen (secondary N) is 2. The zero-order chi connectivity index (χ0) is 18.9. The number of aliphatic imine (C=N–C) groups is 1.